The summed E-state index contributed by atoms with van der Waals surface area (Å²) in [5.74, 6) is -1.54. The van der Waals surface area contributed by atoms with E-state index in [0.717, 1.165) is 5.56 Å². The number of nitrogens with zero attached hydrogens (tertiary/aromatic N) is 1. The van der Waals surface area contributed by atoms with Gasteiger partial charge in [0.25, 0.3) is 5.91 Å². The number of piperidine rings is 1. The Morgan fingerprint density at radius 3 is 2.19 bits per heavy atom. The fourth-order valence-corrected chi connectivity index (χ4v) is 5.74. The van der Waals surface area contributed by atoms with Crippen molar-refractivity contribution in [1.29, 1.82) is 0 Å². The monoisotopic (exact) mass is 509 g/mol. The number of hydrogen-bond donors (Lipinski definition) is 2. The number of carbonyl (C=O) groups is 2. The molecule has 0 bridgehead atoms. The number of sulfonamides is 1. The second-order valence-corrected chi connectivity index (χ2v) is 10.7. The zero-order valence-corrected chi connectivity index (χ0v) is 20.5. The predicted molar refractivity (Wildman–Crippen MR) is 136 cm³/mol. The van der Waals surface area contributed by atoms with Crippen LogP contribution in [0.15, 0.2) is 78.9 Å². The van der Waals surface area contributed by atoms with Gasteiger partial charge in [-0.05, 0) is 48.2 Å². The first-order valence-corrected chi connectivity index (χ1v) is 13.4. The van der Waals surface area contributed by atoms with Gasteiger partial charge in [-0.25, -0.2) is 17.1 Å². The molecule has 0 spiro atoms. The van der Waals surface area contributed by atoms with E-state index in [2.05, 4.69) is 10.6 Å². The first-order valence-electron chi connectivity index (χ1n) is 11.8. The van der Waals surface area contributed by atoms with E-state index in [-0.39, 0.29) is 36.6 Å². The van der Waals surface area contributed by atoms with Crippen molar-refractivity contribution < 1.29 is 22.4 Å². The second-order valence-electron chi connectivity index (χ2n) is 8.76. The van der Waals surface area contributed by atoms with Gasteiger partial charge in [-0.2, -0.15) is 0 Å². The highest BCUT2D eigenvalue weighted by Gasteiger charge is 2.31. The van der Waals surface area contributed by atoms with Crippen molar-refractivity contribution in [3.63, 3.8) is 0 Å². The van der Waals surface area contributed by atoms with Crippen LogP contribution in [0.4, 0.5) is 10.1 Å². The van der Waals surface area contributed by atoms with Crippen molar-refractivity contribution >= 4 is 27.5 Å². The van der Waals surface area contributed by atoms with Crippen LogP contribution < -0.4 is 10.6 Å². The van der Waals surface area contributed by atoms with E-state index in [0.29, 0.717) is 36.2 Å². The number of hydrogen-bond acceptors (Lipinski definition) is 4. The quantitative estimate of drug-likeness (QED) is 0.481. The smallest absolute Gasteiger partial charge is 0.253 e. The zero-order chi connectivity index (χ0) is 25.5. The maximum absolute atomic E-state index is 13.1. The number of para-hydroxylation sites is 1. The summed E-state index contributed by atoms with van der Waals surface area (Å²) in [6.45, 7) is 0.814. The van der Waals surface area contributed by atoms with Crippen LogP contribution in [0.1, 0.15) is 34.3 Å². The summed E-state index contributed by atoms with van der Waals surface area (Å²) in [5.41, 5.74) is 2.26. The molecule has 3 aromatic rings. The summed E-state index contributed by atoms with van der Waals surface area (Å²) < 4.78 is 40.0. The first-order chi connectivity index (χ1) is 17.3. The molecule has 1 fully saturated rings. The van der Waals surface area contributed by atoms with Gasteiger partial charge >= 0.3 is 0 Å². The molecule has 36 heavy (non-hydrogen) atoms. The lowest BCUT2D eigenvalue weighted by Gasteiger charge is -2.30. The zero-order valence-electron chi connectivity index (χ0n) is 19.7. The molecule has 1 heterocycles. The molecule has 0 radical (unpaired) electrons. The Morgan fingerprint density at radius 1 is 0.861 bits per heavy atom. The van der Waals surface area contributed by atoms with Crippen LogP contribution >= 0.6 is 0 Å². The Bertz CT molecular complexity index is 1310. The predicted octanol–water partition coefficient (Wildman–Crippen LogP) is 3.94. The van der Waals surface area contributed by atoms with Crippen LogP contribution in [-0.2, 0) is 27.1 Å². The number of rotatable bonds is 8. The maximum atomic E-state index is 13.1. The van der Waals surface area contributed by atoms with Crippen molar-refractivity contribution in [3.05, 3.63) is 101 Å². The number of nitrogens with one attached hydrogen (secondary N) is 2. The Balaban J connectivity index is 1.33. The molecule has 0 saturated carbocycles. The van der Waals surface area contributed by atoms with Gasteiger partial charge in [0.1, 0.15) is 5.82 Å². The lowest BCUT2D eigenvalue weighted by atomic mass is 9.97. The third-order valence-corrected chi connectivity index (χ3v) is 8.06. The van der Waals surface area contributed by atoms with Gasteiger partial charge in [-0.1, -0.05) is 54.6 Å². The lowest BCUT2D eigenvalue weighted by Crippen LogP contribution is -2.42. The molecule has 4 rings (SSSR count). The minimum absolute atomic E-state index is 0.213. The average molecular weight is 510 g/mol. The SMILES string of the molecule is O=C(NCc1ccccc1)c1ccccc1NC(=O)C1CCN(S(=O)(=O)Cc2ccc(F)cc2)CC1. The Kier molecular flexibility index (Phi) is 8.12. The molecular formula is C27H28FN3O4S. The summed E-state index contributed by atoms with van der Waals surface area (Å²) >= 11 is 0. The summed E-state index contributed by atoms with van der Waals surface area (Å²) in [4.78, 5) is 25.7. The van der Waals surface area contributed by atoms with Gasteiger partial charge in [0, 0.05) is 25.6 Å². The van der Waals surface area contributed by atoms with E-state index in [1.165, 1.54) is 28.6 Å². The summed E-state index contributed by atoms with van der Waals surface area (Å²) in [5, 5.41) is 5.72. The fourth-order valence-electron chi connectivity index (χ4n) is 4.18. The van der Waals surface area contributed by atoms with E-state index in [1.807, 2.05) is 30.3 Å². The highest BCUT2D eigenvalue weighted by atomic mass is 32.2. The van der Waals surface area contributed by atoms with E-state index < -0.39 is 15.8 Å². The van der Waals surface area contributed by atoms with Crippen LogP contribution in [-0.4, -0.2) is 37.6 Å². The summed E-state index contributed by atoms with van der Waals surface area (Å²) in [6.07, 6.45) is 0.744. The van der Waals surface area contributed by atoms with Gasteiger partial charge in [-0.15, -0.1) is 0 Å². The minimum Gasteiger partial charge on any atom is -0.348 e. The molecule has 7 nitrogen and oxygen atoms in total. The number of amides is 2. The molecule has 0 aromatic heterocycles. The van der Waals surface area contributed by atoms with Crippen molar-refractivity contribution in [2.75, 3.05) is 18.4 Å². The number of carbonyl (C=O) groups excluding carboxylic acids is 2. The number of benzene rings is 3. The van der Waals surface area contributed by atoms with Gasteiger partial charge < -0.3 is 10.6 Å². The second kappa shape index (κ2) is 11.5. The number of halogens is 1. The molecule has 9 heteroatoms. The Labute approximate surface area is 210 Å². The molecule has 1 saturated heterocycles. The first kappa shape index (κ1) is 25.5. The van der Waals surface area contributed by atoms with Gasteiger partial charge in [0.2, 0.25) is 15.9 Å². The van der Waals surface area contributed by atoms with Crippen molar-refractivity contribution in [3.8, 4) is 0 Å². The molecule has 2 amide bonds. The van der Waals surface area contributed by atoms with Gasteiger partial charge in [0.05, 0.1) is 17.0 Å². The highest BCUT2D eigenvalue weighted by Crippen LogP contribution is 2.24. The van der Waals surface area contributed by atoms with Crippen LogP contribution in [0.2, 0.25) is 0 Å². The van der Waals surface area contributed by atoms with Crippen molar-refractivity contribution in [2.45, 2.75) is 25.1 Å². The molecule has 1 aliphatic rings. The molecule has 188 valence electrons. The molecule has 3 aromatic carbocycles. The Morgan fingerprint density at radius 2 is 1.50 bits per heavy atom. The lowest BCUT2D eigenvalue weighted by molar-refractivity contribution is -0.120. The van der Waals surface area contributed by atoms with Crippen LogP contribution in [0.3, 0.4) is 0 Å². The minimum atomic E-state index is -3.58. The van der Waals surface area contributed by atoms with E-state index in [1.54, 1.807) is 24.3 Å². The number of anilines is 1. The van der Waals surface area contributed by atoms with Crippen molar-refractivity contribution in [2.24, 2.45) is 5.92 Å². The molecule has 0 atom stereocenters. The third kappa shape index (κ3) is 6.56. The molecule has 2 N–H and O–H groups in total. The Hall–Kier alpha value is -3.56. The molecule has 0 aliphatic carbocycles. The molecule has 0 unspecified atom stereocenters. The van der Waals surface area contributed by atoms with E-state index in [9.17, 15) is 22.4 Å². The maximum Gasteiger partial charge on any atom is 0.253 e. The average Bonchev–Trinajstić information content (AvgIpc) is 2.89. The topological polar surface area (TPSA) is 95.6 Å². The van der Waals surface area contributed by atoms with Gasteiger partial charge in [-0.3, -0.25) is 9.59 Å². The highest BCUT2D eigenvalue weighted by molar-refractivity contribution is 7.88. The normalized spacial score (nSPS) is 14.8. The van der Waals surface area contributed by atoms with Crippen LogP contribution in [0, 0.1) is 11.7 Å². The third-order valence-electron chi connectivity index (χ3n) is 6.21. The molecular weight excluding hydrogens is 481 g/mol. The summed E-state index contributed by atoms with van der Waals surface area (Å²) in [6, 6.07) is 21.7. The largest absolute Gasteiger partial charge is 0.348 e. The molecule has 1 aliphatic heterocycles. The van der Waals surface area contributed by atoms with E-state index >= 15 is 0 Å². The standard InChI is InChI=1S/C27H28FN3O4S/c28-23-12-10-21(11-13-23)19-36(34,35)31-16-14-22(15-17-31)26(32)30-25-9-5-4-8-24(25)27(33)29-18-20-6-2-1-3-7-20/h1-13,22H,14-19H2,(H,29,33)(H,30,32). The summed E-state index contributed by atoms with van der Waals surface area (Å²) in [7, 11) is -3.58. The van der Waals surface area contributed by atoms with Crippen molar-refractivity contribution in [1.82, 2.24) is 9.62 Å². The van der Waals surface area contributed by atoms with Crippen LogP contribution in [0.5, 0.6) is 0 Å². The van der Waals surface area contributed by atoms with Gasteiger partial charge in [0.15, 0.2) is 0 Å². The van der Waals surface area contributed by atoms with Crippen LogP contribution in [0.25, 0.3) is 0 Å². The fraction of sp³-hybridized carbons (Fsp3) is 0.259. The van der Waals surface area contributed by atoms with E-state index in [4.69, 9.17) is 0 Å².